The summed E-state index contributed by atoms with van der Waals surface area (Å²) in [6.45, 7) is 1.69. The molecule has 79 heavy (non-hydrogen) atoms. The molecule has 8 rings (SSSR count). The van der Waals surface area contributed by atoms with Crippen LogP contribution < -0.4 is 20.4 Å². The van der Waals surface area contributed by atoms with Crippen molar-refractivity contribution in [3.8, 4) is 12.1 Å². The van der Waals surface area contributed by atoms with E-state index in [1.54, 1.807) is 19.1 Å². The van der Waals surface area contributed by atoms with Crippen molar-refractivity contribution in [1.29, 1.82) is 10.5 Å². The number of alkyl halides is 6. The van der Waals surface area contributed by atoms with E-state index in [0.29, 0.717) is 17.4 Å². The van der Waals surface area contributed by atoms with Crippen LogP contribution in [0.15, 0.2) is 84.9 Å². The minimum absolute atomic E-state index is 0.0188. The van der Waals surface area contributed by atoms with Gasteiger partial charge in [-0.3, -0.25) is 38.6 Å². The second kappa shape index (κ2) is 23.0. The number of hydrogen-bond donors (Lipinski definition) is 2. The number of nitrogens with zero attached hydrogens (tertiary/aromatic N) is 6. The Morgan fingerprint density at radius 2 is 1.01 bits per heavy atom. The highest BCUT2D eigenvalue weighted by atomic mass is 19.4. The monoisotopic (exact) mass is 1110 g/mol. The Morgan fingerprint density at radius 3 is 1.33 bits per heavy atom. The summed E-state index contributed by atoms with van der Waals surface area (Å²) in [5.41, 5.74) is -4.50. The standard InChI is InChI=1S/C28H28F4N4O5.C26H22F4N4O4/c1-16(25(40-2)41-3)34-24(38)19-11-27(12-19)26(39)35(22-9-6-18(13-33)10-21(22)29)15-23(37)36(27)14-17-4-7-20(8-5-17)28(30,31)32;1-15(14-35)32-23(37)18-9-25(10-18)24(38)33(21-7-4-17(11-31)8-20(21)27)13-22(36)34(25)12-16-2-5-19(6-3-16)26(28,29)30/h4-10,16,19,25H,11-12,14-15H2,1-3H3,(H,34,38);2-8,14-15,18H,9-10,12-13H2,1H3,(H,32,37). The number of nitrogens with one attached hydrogen (secondary N) is 2. The molecule has 0 radical (unpaired) electrons. The van der Waals surface area contributed by atoms with Gasteiger partial charge in [0.1, 0.15) is 42.1 Å². The highest BCUT2D eigenvalue weighted by Crippen LogP contribution is 2.49. The van der Waals surface area contributed by atoms with Gasteiger partial charge in [0.2, 0.25) is 23.6 Å². The number of rotatable bonds is 14. The molecule has 25 heteroatoms. The maximum absolute atomic E-state index is 14.9. The first-order valence-corrected chi connectivity index (χ1v) is 24.3. The van der Waals surface area contributed by atoms with Crippen molar-refractivity contribution in [2.45, 2.75) is 94.4 Å². The molecule has 2 atom stereocenters. The zero-order chi connectivity index (χ0) is 57.9. The Morgan fingerprint density at radius 1 is 0.646 bits per heavy atom. The SMILES string of the molecule is CC(C=O)NC(=O)C1CC2(C1)C(=O)N(c1ccc(C#N)cc1F)CC(=O)N2Cc1ccc(C(F)(F)F)cc1.COC(OC)C(C)NC(=O)C1CC2(C1)C(=O)N(c1ccc(C#N)cc1F)CC(=O)N2Cc1ccc(C(F)(F)F)cc1. The lowest BCUT2D eigenvalue weighted by molar-refractivity contribution is -0.166. The fourth-order valence-corrected chi connectivity index (χ4v) is 10.2. The lowest BCUT2D eigenvalue weighted by atomic mass is 9.64. The number of benzene rings is 4. The van der Waals surface area contributed by atoms with E-state index in [0.717, 1.165) is 46.2 Å². The van der Waals surface area contributed by atoms with Gasteiger partial charge in [-0.25, -0.2) is 8.78 Å². The number of methoxy groups -OCH3 is 2. The number of ether oxygens (including phenoxy) is 2. The van der Waals surface area contributed by atoms with Crippen LogP contribution >= 0.6 is 0 Å². The Bertz CT molecular complexity index is 3110. The number of halogens is 8. The van der Waals surface area contributed by atoms with Gasteiger partial charge in [-0.1, -0.05) is 24.3 Å². The van der Waals surface area contributed by atoms with Crippen LogP contribution in [0.2, 0.25) is 0 Å². The first-order valence-electron chi connectivity index (χ1n) is 24.3. The first-order chi connectivity index (χ1) is 37.2. The molecule has 2 aliphatic carbocycles. The summed E-state index contributed by atoms with van der Waals surface area (Å²) in [5, 5.41) is 23.3. The maximum atomic E-state index is 14.9. The zero-order valence-corrected chi connectivity index (χ0v) is 42.6. The molecule has 4 aliphatic rings. The van der Waals surface area contributed by atoms with E-state index in [1.807, 2.05) is 0 Å². The molecule has 0 bridgehead atoms. The van der Waals surface area contributed by atoms with E-state index in [1.165, 1.54) is 79.5 Å². The van der Waals surface area contributed by atoms with Crippen LogP contribution in [0.4, 0.5) is 46.5 Å². The van der Waals surface area contributed by atoms with Crippen molar-refractivity contribution in [1.82, 2.24) is 20.4 Å². The van der Waals surface area contributed by atoms with Gasteiger partial charge in [0.25, 0.3) is 11.8 Å². The molecule has 2 saturated carbocycles. The average molecular weight is 1110 g/mol. The number of aldehydes is 1. The Labute approximate surface area is 446 Å². The van der Waals surface area contributed by atoms with Crippen LogP contribution in [0.5, 0.6) is 0 Å². The second-order valence-corrected chi connectivity index (χ2v) is 19.5. The van der Waals surface area contributed by atoms with Gasteiger partial charge in [0.15, 0.2) is 6.29 Å². The van der Waals surface area contributed by atoms with Gasteiger partial charge in [0.05, 0.1) is 57.9 Å². The highest BCUT2D eigenvalue weighted by Gasteiger charge is 2.63. The van der Waals surface area contributed by atoms with Crippen LogP contribution in [-0.2, 0) is 68.5 Å². The van der Waals surface area contributed by atoms with Gasteiger partial charge in [0, 0.05) is 39.1 Å². The summed E-state index contributed by atoms with van der Waals surface area (Å²) >= 11 is 0. The number of carbonyl (C=O) groups excluding carboxylic acids is 7. The van der Waals surface area contributed by atoms with Crippen molar-refractivity contribution >= 4 is 53.1 Å². The predicted octanol–water partition coefficient (Wildman–Crippen LogP) is 6.31. The molecule has 4 aromatic rings. The van der Waals surface area contributed by atoms with E-state index in [4.69, 9.17) is 20.0 Å². The van der Waals surface area contributed by atoms with Crippen LogP contribution in [0.3, 0.4) is 0 Å². The zero-order valence-electron chi connectivity index (χ0n) is 42.6. The van der Waals surface area contributed by atoms with E-state index < -0.39 is 125 Å². The number of hydrogen-bond acceptors (Lipinski definition) is 11. The molecule has 2 saturated heterocycles. The van der Waals surface area contributed by atoms with Gasteiger partial charge in [-0.15, -0.1) is 0 Å². The predicted molar refractivity (Wildman–Crippen MR) is 261 cm³/mol. The quantitative estimate of drug-likeness (QED) is 0.0809. The minimum Gasteiger partial charge on any atom is -0.354 e. The molecule has 17 nitrogen and oxygen atoms in total. The summed E-state index contributed by atoms with van der Waals surface area (Å²) in [4.78, 5) is 95.5. The third-order valence-corrected chi connectivity index (χ3v) is 14.4. The molecular weight excluding hydrogens is 1060 g/mol. The molecule has 4 fully saturated rings. The Hall–Kier alpha value is -8.29. The summed E-state index contributed by atoms with van der Waals surface area (Å²) in [6.07, 6.45) is -9.70. The fraction of sp³-hybridized carbons (Fsp3) is 0.389. The van der Waals surface area contributed by atoms with Crippen molar-refractivity contribution < 1.29 is 78.2 Å². The van der Waals surface area contributed by atoms with E-state index in [-0.39, 0.29) is 61.3 Å². The molecule has 2 unspecified atom stereocenters. The molecule has 0 aromatic heterocycles. The third kappa shape index (κ3) is 11.9. The van der Waals surface area contributed by atoms with E-state index in [9.17, 15) is 68.7 Å². The summed E-state index contributed by atoms with van der Waals surface area (Å²) in [5.74, 6) is -6.51. The van der Waals surface area contributed by atoms with Crippen LogP contribution in [0.25, 0.3) is 0 Å². The number of nitriles is 2. The largest absolute Gasteiger partial charge is 0.416 e. The number of carbonyl (C=O) groups is 7. The second-order valence-electron chi connectivity index (χ2n) is 19.5. The molecule has 416 valence electrons. The van der Waals surface area contributed by atoms with Gasteiger partial charge < -0.3 is 34.7 Å². The molecule has 2 aliphatic heterocycles. The normalized spacial score (nSPS) is 21.8. The molecule has 2 heterocycles. The highest BCUT2D eigenvalue weighted by molar-refractivity contribution is 6.12. The van der Waals surface area contributed by atoms with E-state index in [2.05, 4.69) is 10.6 Å². The average Bonchev–Trinajstić information content (AvgIpc) is 3.46. The topological polar surface area (TPSA) is 223 Å². The van der Waals surface area contributed by atoms with Crippen LogP contribution in [-0.4, -0.2) is 108 Å². The van der Waals surface area contributed by atoms with Crippen molar-refractivity contribution in [3.63, 3.8) is 0 Å². The molecule has 2 spiro atoms. The molecule has 4 aromatic carbocycles. The summed E-state index contributed by atoms with van der Waals surface area (Å²) < 4.78 is 118. The minimum atomic E-state index is -4.55. The Kier molecular flexibility index (Phi) is 17.0. The lowest BCUT2D eigenvalue weighted by Gasteiger charge is -2.56. The summed E-state index contributed by atoms with van der Waals surface area (Å²) in [6, 6.07) is 17.6. The number of piperazine rings is 2. The maximum Gasteiger partial charge on any atom is 0.416 e. The van der Waals surface area contributed by atoms with E-state index >= 15 is 0 Å². The van der Waals surface area contributed by atoms with Gasteiger partial charge in [-0.05, 0) is 111 Å². The van der Waals surface area contributed by atoms with Gasteiger partial charge >= 0.3 is 12.4 Å². The smallest absolute Gasteiger partial charge is 0.354 e. The molecular formula is C54H50F8N8O9. The van der Waals surface area contributed by atoms with Crippen LogP contribution in [0, 0.1) is 46.1 Å². The Balaban J connectivity index is 0.000000229. The summed E-state index contributed by atoms with van der Waals surface area (Å²) in [7, 11) is 2.83. The fourth-order valence-electron chi connectivity index (χ4n) is 10.2. The number of anilines is 2. The van der Waals surface area contributed by atoms with Crippen LogP contribution in [0.1, 0.15) is 72.9 Å². The number of amides is 6. The third-order valence-electron chi connectivity index (χ3n) is 14.4. The van der Waals surface area contributed by atoms with Crippen molar-refractivity contribution in [2.75, 3.05) is 37.1 Å². The molecule has 6 amide bonds. The first kappa shape index (κ1) is 58.4. The van der Waals surface area contributed by atoms with Crippen molar-refractivity contribution in [3.05, 3.63) is 130 Å². The van der Waals surface area contributed by atoms with Gasteiger partial charge in [-0.2, -0.15) is 36.9 Å². The lowest BCUT2D eigenvalue weighted by Crippen LogP contribution is -2.74. The molecule has 2 N–H and O–H groups in total. The van der Waals surface area contributed by atoms with Crippen molar-refractivity contribution in [2.24, 2.45) is 11.8 Å².